The van der Waals surface area contributed by atoms with Gasteiger partial charge in [-0.05, 0) is 62.6 Å². The number of ether oxygens (including phenoxy) is 1. The maximum absolute atomic E-state index is 12.9. The number of benzene rings is 2. The first-order valence-corrected chi connectivity index (χ1v) is 9.85. The summed E-state index contributed by atoms with van der Waals surface area (Å²) in [6.45, 7) is 4.97. The molecule has 0 aliphatic rings. The van der Waals surface area contributed by atoms with Crippen LogP contribution in [0, 0.1) is 0 Å². The van der Waals surface area contributed by atoms with Gasteiger partial charge < -0.3 is 20.7 Å². The van der Waals surface area contributed by atoms with Crippen molar-refractivity contribution in [3.8, 4) is 0 Å². The minimum absolute atomic E-state index is 0.0462. The SMILES string of the molecule is CC(C)(C)OC(=O)N(CC(O)c1cccc(Cl)c1)[C@H](CO)Cc1ccc(N)cc1. The quantitative estimate of drug-likeness (QED) is 0.592. The summed E-state index contributed by atoms with van der Waals surface area (Å²) in [6, 6.07) is 13.5. The Morgan fingerprint density at radius 1 is 1.21 bits per heavy atom. The molecule has 0 heterocycles. The molecule has 2 aromatic carbocycles. The molecule has 0 radical (unpaired) electrons. The molecule has 4 N–H and O–H groups in total. The van der Waals surface area contributed by atoms with Crippen LogP contribution < -0.4 is 5.73 Å². The molecule has 0 bridgehead atoms. The lowest BCUT2D eigenvalue weighted by atomic mass is 10.0. The fourth-order valence-corrected chi connectivity index (χ4v) is 3.10. The number of carbonyl (C=O) groups is 1. The summed E-state index contributed by atoms with van der Waals surface area (Å²) >= 11 is 6.02. The molecule has 29 heavy (non-hydrogen) atoms. The normalized spacial score (nSPS) is 13.6. The summed E-state index contributed by atoms with van der Waals surface area (Å²) in [5, 5.41) is 21.2. The predicted octanol–water partition coefficient (Wildman–Crippen LogP) is 3.80. The number of amides is 1. The fourth-order valence-electron chi connectivity index (χ4n) is 2.90. The van der Waals surface area contributed by atoms with Crippen molar-refractivity contribution in [1.29, 1.82) is 0 Å². The van der Waals surface area contributed by atoms with Gasteiger partial charge in [0.2, 0.25) is 0 Å². The molecule has 7 heteroatoms. The van der Waals surface area contributed by atoms with E-state index in [2.05, 4.69) is 0 Å². The molecule has 0 spiro atoms. The number of nitrogen functional groups attached to an aromatic ring is 1. The summed E-state index contributed by atoms with van der Waals surface area (Å²) in [4.78, 5) is 14.2. The van der Waals surface area contributed by atoms with Gasteiger partial charge in [-0.1, -0.05) is 35.9 Å². The highest BCUT2D eigenvalue weighted by Gasteiger charge is 2.30. The van der Waals surface area contributed by atoms with Crippen molar-refractivity contribution in [2.24, 2.45) is 0 Å². The summed E-state index contributed by atoms with van der Waals surface area (Å²) < 4.78 is 5.52. The number of carbonyl (C=O) groups excluding carboxylic acids is 1. The van der Waals surface area contributed by atoms with Crippen molar-refractivity contribution in [2.45, 2.75) is 44.9 Å². The monoisotopic (exact) mass is 420 g/mol. The molecule has 0 aliphatic heterocycles. The standard InChI is InChI=1S/C22H29ClN2O4/c1-22(2,3)29-21(28)25(13-20(27)16-5-4-6-17(23)12-16)19(14-26)11-15-7-9-18(24)10-8-15/h4-10,12,19-20,26-27H,11,13-14,24H2,1-3H3/t19-,20?/m0/s1. The second-order valence-corrected chi connectivity index (χ2v) is 8.42. The van der Waals surface area contributed by atoms with Crippen LogP contribution in [0.2, 0.25) is 5.02 Å². The minimum Gasteiger partial charge on any atom is -0.444 e. The van der Waals surface area contributed by atoms with Gasteiger partial charge in [-0.3, -0.25) is 4.90 Å². The number of aliphatic hydroxyl groups is 2. The van der Waals surface area contributed by atoms with Gasteiger partial charge in [0.05, 0.1) is 25.3 Å². The highest BCUT2D eigenvalue weighted by molar-refractivity contribution is 6.30. The Labute approximate surface area is 176 Å². The molecule has 0 fully saturated rings. The highest BCUT2D eigenvalue weighted by Crippen LogP contribution is 2.22. The number of nitrogens with zero attached hydrogens (tertiary/aromatic N) is 1. The second kappa shape index (κ2) is 9.96. The molecular formula is C22H29ClN2O4. The third-order valence-corrected chi connectivity index (χ3v) is 4.57. The average Bonchev–Trinajstić information content (AvgIpc) is 2.64. The molecule has 1 unspecified atom stereocenters. The second-order valence-electron chi connectivity index (χ2n) is 7.99. The zero-order valence-corrected chi connectivity index (χ0v) is 17.8. The number of nitrogens with two attached hydrogens (primary N) is 1. The van der Waals surface area contributed by atoms with E-state index in [0.29, 0.717) is 22.7 Å². The van der Waals surface area contributed by atoms with E-state index in [4.69, 9.17) is 22.1 Å². The van der Waals surface area contributed by atoms with E-state index in [1.807, 2.05) is 12.1 Å². The van der Waals surface area contributed by atoms with Crippen LogP contribution >= 0.6 is 11.6 Å². The van der Waals surface area contributed by atoms with Crippen molar-refractivity contribution in [1.82, 2.24) is 4.90 Å². The zero-order chi connectivity index (χ0) is 21.6. The van der Waals surface area contributed by atoms with Crippen molar-refractivity contribution in [3.63, 3.8) is 0 Å². The average molecular weight is 421 g/mol. The van der Waals surface area contributed by atoms with E-state index in [0.717, 1.165) is 5.56 Å². The third kappa shape index (κ3) is 7.24. The van der Waals surface area contributed by atoms with E-state index in [-0.39, 0.29) is 13.2 Å². The van der Waals surface area contributed by atoms with E-state index >= 15 is 0 Å². The Morgan fingerprint density at radius 3 is 2.41 bits per heavy atom. The number of rotatable bonds is 7. The molecular weight excluding hydrogens is 392 g/mol. The summed E-state index contributed by atoms with van der Waals surface area (Å²) in [6.07, 6.45) is -1.20. The van der Waals surface area contributed by atoms with Gasteiger partial charge in [-0.2, -0.15) is 0 Å². The van der Waals surface area contributed by atoms with Crippen LogP contribution in [-0.4, -0.2) is 46.0 Å². The van der Waals surface area contributed by atoms with Crippen LogP contribution in [0.3, 0.4) is 0 Å². The van der Waals surface area contributed by atoms with Crippen LogP contribution in [0.4, 0.5) is 10.5 Å². The van der Waals surface area contributed by atoms with E-state index in [1.165, 1.54) is 4.90 Å². The Morgan fingerprint density at radius 2 is 1.86 bits per heavy atom. The van der Waals surface area contributed by atoms with Crippen molar-refractivity contribution < 1.29 is 19.7 Å². The molecule has 158 valence electrons. The molecule has 6 nitrogen and oxygen atoms in total. The fraction of sp³-hybridized carbons (Fsp3) is 0.409. The highest BCUT2D eigenvalue weighted by atomic mass is 35.5. The van der Waals surface area contributed by atoms with Crippen molar-refractivity contribution in [2.75, 3.05) is 18.9 Å². The lowest BCUT2D eigenvalue weighted by Gasteiger charge is -2.34. The summed E-state index contributed by atoms with van der Waals surface area (Å²) in [5.74, 6) is 0. The van der Waals surface area contributed by atoms with Crippen LogP contribution in [0.25, 0.3) is 0 Å². The largest absolute Gasteiger partial charge is 0.444 e. The molecule has 0 aliphatic carbocycles. The summed E-state index contributed by atoms with van der Waals surface area (Å²) in [5.41, 5.74) is 7.14. The Balaban J connectivity index is 2.26. The summed E-state index contributed by atoms with van der Waals surface area (Å²) in [7, 11) is 0. The number of hydrogen-bond acceptors (Lipinski definition) is 5. The van der Waals surface area contributed by atoms with Crippen LogP contribution in [0.15, 0.2) is 48.5 Å². The van der Waals surface area contributed by atoms with Gasteiger partial charge in [-0.25, -0.2) is 4.79 Å². The molecule has 2 atom stereocenters. The number of halogens is 1. The van der Waals surface area contributed by atoms with Crippen molar-refractivity contribution in [3.05, 3.63) is 64.7 Å². The number of aliphatic hydroxyl groups excluding tert-OH is 2. The minimum atomic E-state index is -0.985. The van der Waals surface area contributed by atoms with Gasteiger partial charge in [0.15, 0.2) is 0 Å². The molecule has 2 rings (SSSR count). The topological polar surface area (TPSA) is 96.0 Å². The van der Waals surface area contributed by atoms with Crippen molar-refractivity contribution >= 4 is 23.4 Å². The Hall–Kier alpha value is -2.28. The first-order chi connectivity index (χ1) is 13.6. The van der Waals surface area contributed by atoms with Gasteiger partial charge in [0, 0.05) is 10.7 Å². The van der Waals surface area contributed by atoms with Gasteiger partial charge in [-0.15, -0.1) is 0 Å². The van der Waals surface area contributed by atoms with E-state index < -0.39 is 23.8 Å². The Bertz CT molecular complexity index is 805. The van der Waals surface area contributed by atoms with E-state index in [1.54, 1.807) is 57.2 Å². The Kier molecular flexibility index (Phi) is 7.90. The number of anilines is 1. The number of hydrogen-bond donors (Lipinski definition) is 3. The molecule has 0 aromatic heterocycles. The molecule has 1 amide bonds. The molecule has 0 saturated heterocycles. The van der Waals surface area contributed by atoms with Crippen LogP contribution in [0.5, 0.6) is 0 Å². The lowest BCUT2D eigenvalue weighted by Crippen LogP contribution is -2.48. The van der Waals surface area contributed by atoms with Crippen LogP contribution in [0.1, 0.15) is 38.0 Å². The molecule has 0 saturated carbocycles. The van der Waals surface area contributed by atoms with E-state index in [9.17, 15) is 15.0 Å². The maximum atomic E-state index is 12.9. The van der Waals surface area contributed by atoms with Crippen LogP contribution in [-0.2, 0) is 11.2 Å². The smallest absolute Gasteiger partial charge is 0.410 e. The zero-order valence-electron chi connectivity index (χ0n) is 17.0. The third-order valence-electron chi connectivity index (χ3n) is 4.33. The lowest BCUT2D eigenvalue weighted by molar-refractivity contribution is -0.00373. The van der Waals surface area contributed by atoms with Gasteiger partial charge in [0.1, 0.15) is 5.60 Å². The van der Waals surface area contributed by atoms with Gasteiger partial charge >= 0.3 is 6.09 Å². The first kappa shape index (κ1) is 23.0. The molecule has 2 aromatic rings. The maximum Gasteiger partial charge on any atom is 0.410 e. The first-order valence-electron chi connectivity index (χ1n) is 9.47. The van der Waals surface area contributed by atoms with Gasteiger partial charge in [0.25, 0.3) is 0 Å². The predicted molar refractivity (Wildman–Crippen MR) is 115 cm³/mol.